The second-order valence-corrected chi connectivity index (χ2v) is 14.0. The molecule has 19 nitrogen and oxygen atoms in total. The van der Waals surface area contributed by atoms with Crippen LogP contribution in [0.5, 0.6) is 0 Å². The molecular weight excluding hydrogens is 658 g/mol. The number of aromatic nitrogens is 4. The van der Waals surface area contributed by atoms with Crippen LogP contribution in [0.3, 0.4) is 0 Å². The van der Waals surface area contributed by atoms with Crippen molar-refractivity contribution in [3.8, 4) is 0 Å². The summed E-state index contributed by atoms with van der Waals surface area (Å²) in [5.41, 5.74) is 12.7. The molecule has 3 aromatic heterocycles. The number of carbonyl (C=O) groups is 1. The average molecular weight is 689 g/mol. The number of amides is 1. The number of anilines is 1. The Bertz CT molecular complexity index is 1640. The number of aliphatic imine (C=N–C) groups is 1. The first-order valence-electron chi connectivity index (χ1n) is 13.4. The van der Waals surface area contributed by atoms with E-state index < -0.39 is 71.0 Å². The van der Waals surface area contributed by atoms with Crippen molar-refractivity contribution in [2.75, 3.05) is 18.9 Å². The number of nitrogens with one attached hydrogen (secondary N) is 1. The summed E-state index contributed by atoms with van der Waals surface area (Å²) in [5.74, 6) is 0.281. The molecule has 3 aromatic rings. The fourth-order valence-corrected chi connectivity index (χ4v) is 7.54. The van der Waals surface area contributed by atoms with Gasteiger partial charge in [-0.15, -0.1) is 0 Å². The highest BCUT2D eigenvalue weighted by Crippen LogP contribution is 2.52. The lowest BCUT2D eigenvalue weighted by Crippen LogP contribution is -2.35. The maximum atomic E-state index is 11.3. The van der Waals surface area contributed by atoms with E-state index in [1.165, 1.54) is 15.5 Å². The van der Waals surface area contributed by atoms with Gasteiger partial charge < -0.3 is 63.6 Å². The van der Waals surface area contributed by atoms with Crippen LogP contribution in [0.25, 0.3) is 11.0 Å². The highest BCUT2D eigenvalue weighted by molar-refractivity contribution is 8.07. The van der Waals surface area contributed by atoms with Gasteiger partial charge in [-0.25, -0.2) is 9.97 Å². The summed E-state index contributed by atoms with van der Waals surface area (Å²) < 4.78 is 37.8. The Balaban J connectivity index is 1.27. The quantitative estimate of drug-likeness (QED) is 0.0772. The second kappa shape index (κ2) is 12.8. The zero-order valence-corrected chi connectivity index (χ0v) is 25.9. The Labute approximate surface area is 260 Å². The first kappa shape index (κ1) is 32.3. The number of guanidine groups is 1. The second-order valence-electron chi connectivity index (χ2n) is 10.3. The van der Waals surface area contributed by atoms with Crippen molar-refractivity contribution < 1.29 is 52.4 Å². The molecule has 0 radical (unpaired) electrons. The number of nitrogen functional groups attached to an aromatic ring is 1. The molecule has 0 aromatic carbocycles. The van der Waals surface area contributed by atoms with Gasteiger partial charge >= 0.3 is 15.3 Å². The summed E-state index contributed by atoms with van der Waals surface area (Å²) in [4.78, 5) is 45.0. The largest absolute Gasteiger partial charge is 0.387 e. The van der Waals surface area contributed by atoms with Gasteiger partial charge in [0.15, 0.2) is 12.5 Å². The lowest BCUT2D eigenvalue weighted by molar-refractivity contribution is -0.108. The SMILES string of the molecule is Cc1ccn(C2OC3COP(O)(=S)OC4C(O)C(COP(O)OC3C2O)OC4n2ccc3c(N)ncnc32)c1N=C(N)NC=O. The summed E-state index contributed by atoms with van der Waals surface area (Å²) in [5, 5.41) is 25.2. The zero-order chi connectivity index (χ0) is 32.0. The number of nitrogens with two attached hydrogens (primary N) is 2. The number of aryl methyl sites for hydroxylation is 1. The fraction of sp³-hybridized carbons (Fsp3) is 0.478. The standard InChI is InChI=1S/C23H30N8O11P2S/c1-10-2-4-30(19(10)29-23(25)28-9-32)21-15(34)16-13(40-21)7-38-44(36,45)42-17-14(33)12(6-37-43(35)41-16)39-22(17)31-5-3-11-18(24)26-8-27-20(11)31/h2-5,8-9,12-17,21-22,33-35H,6-7H2,1H3,(H,36,45)(H2,24,26,27)(H3,25,28,29,32). The summed E-state index contributed by atoms with van der Waals surface area (Å²) >= 11 is 5.30. The number of rotatable bonds is 4. The van der Waals surface area contributed by atoms with E-state index in [9.17, 15) is 24.8 Å². The van der Waals surface area contributed by atoms with Crippen LogP contribution in [0.15, 0.2) is 35.8 Å². The molecule has 244 valence electrons. The molecule has 6 rings (SSSR count). The Morgan fingerprint density at radius 2 is 1.91 bits per heavy atom. The van der Waals surface area contributed by atoms with Crippen LogP contribution in [0.4, 0.5) is 11.6 Å². The summed E-state index contributed by atoms with van der Waals surface area (Å²) in [6, 6.07) is 3.34. The monoisotopic (exact) mass is 688 g/mol. The predicted octanol–water partition coefficient (Wildman–Crippen LogP) is -0.714. The van der Waals surface area contributed by atoms with Gasteiger partial charge in [0, 0.05) is 12.4 Å². The van der Waals surface area contributed by atoms with E-state index in [0.29, 0.717) is 23.0 Å². The highest BCUT2D eigenvalue weighted by atomic mass is 32.5. The Hall–Kier alpha value is -2.68. The van der Waals surface area contributed by atoms with Crippen molar-refractivity contribution in [1.29, 1.82) is 0 Å². The first-order valence-corrected chi connectivity index (χ1v) is 17.1. The predicted molar refractivity (Wildman–Crippen MR) is 159 cm³/mol. The van der Waals surface area contributed by atoms with Crippen LogP contribution < -0.4 is 16.8 Å². The molecule has 0 aliphatic carbocycles. The Morgan fingerprint density at radius 3 is 2.69 bits per heavy atom. The van der Waals surface area contributed by atoms with Crippen LogP contribution in [-0.4, -0.2) is 101 Å². The van der Waals surface area contributed by atoms with Crippen LogP contribution >= 0.6 is 15.3 Å². The Morgan fingerprint density at radius 1 is 1.16 bits per heavy atom. The third kappa shape index (κ3) is 6.35. The number of aliphatic hydroxyl groups excluding tert-OH is 2. The molecule has 3 saturated heterocycles. The van der Waals surface area contributed by atoms with Gasteiger partial charge in [0.2, 0.25) is 12.4 Å². The van der Waals surface area contributed by atoms with Crippen LogP contribution in [-0.2, 0) is 44.2 Å². The van der Waals surface area contributed by atoms with E-state index in [-0.39, 0.29) is 24.2 Å². The van der Waals surface area contributed by atoms with Crippen molar-refractivity contribution in [3.05, 3.63) is 36.4 Å². The smallest absolute Gasteiger partial charge is 0.330 e. The first-order chi connectivity index (χ1) is 21.5. The number of nitrogens with zero attached hydrogens (tertiary/aromatic N) is 5. The normalized spacial score (nSPS) is 36.2. The van der Waals surface area contributed by atoms with Crippen molar-refractivity contribution >= 4 is 62.2 Å². The van der Waals surface area contributed by atoms with Gasteiger partial charge in [0.25, 0.3) is 0 Å². The number of fused-ring (bicyclic) bond motifs is 4. The van der Waals surface area contributed by atoms with Gasteiger partial charge in [-0.3, -0.25) is 14.6 Å². The maximum Gasteiger partial charge on any atom is 0.330 e. The number of aliphatic hydroxyl groups is 2. The minimum Gasteiger partial charge on any atom is -0.387 e. The number of hydrogen-bond donors (Lipinski definition) is 7. The third-order valence-electron chi connectivity index (χ3n) is 7.44. The number of ether oxygens (including phenoxy) is 2. The molecule has 9 N–H and O–H groups in total. The van der Waals surface area contributed by atoms with Crippen molar-refractivity contribution in [1.82, 2.24) is 24.4 Å². The summed E-state index contributed by atoms with van der Waals surface area (Å²) in [6.07, 6.45) is -4.98. The fourth-order valence-electron chi connectivity index (χ4n) is 5.33. The van der Waals surface area contributed by atoms with Crippen molar-refractivity contribution in [3.63, 3.8) is 0 Å². The molecule has 45 heavy (non-hydrogen) atoms. The molecule has 3 aliphatic heterocycles. The van der Waals surface area contributed by atoms with E-state index in [0.717, 1.165) is 0 Å². The van der Waals surface area contributed by atoms with Crippen molar-refractivity contribution in [2.45, 2.75) is 56.0 Å². The van der Waals surface area contributed by atoms with Crippen LogP contribution in [0, 0.1) is 6.92 Å². The van der Waals surface area contributed by atoms with E-state index in [1.807, 2.05) is 0 Å². The molecule has 10 atom stereocenters. The number of carbonyl (C=O) groups excluding carboxylic acids is 1. The minimum atomic E-state index is -4.13. The topological polar surface area (TPSA) is 265 Å². The molecular formula is C23H30N8O11P2S. The van der Waals surface area contributed by atoms with Gasteiger partial charge in [-0.05, 0) is 36.4 Å². The van der Waals surface area contributed by atoms with Gasteiger partial charge in [-0.1, -0.05) is 0 Å². The van der Waals surface area contributed by atoms with E-state index in [4.69, 9.17) is 50.8 Å². The summed E-state index contributed by atoms with van der Waals surface area (Å²) in [7, 11) is -2.67. The molecule has 1 amide bonds. The van der Waals surface area contributed by atoms with Crippen LogP contribution in [0.2, 0.25) is 0 Å². The molecule has 0 spiro atoms. The van der Waals surface area contributed by atoms with Gasteiger partial charge in [0.05, 0.1) is 18.6 Å². The van der Waals surface area contributed by atoms with Crippen LogP contribution in [0.1, 0.15) is 18.0 Å². The average Bonchev–Trinajstić information content (AvgIpc) is 3.73. The molecule has 3 aliphatic rings. The third-order valence-corrected chi connectivity index (χ3v) is 9.80. The highest BCUT2D eigenvalue weighted by Gasteiger charge is 2.51. The van der Waals surface area contributed by atoms with Gasteiger partial charge in [0.1, 0.15) is 60.2 Å². The molecule has 3 fully saturated rings. The lowest BCUT2D eigenvalue weighted by Gasteiger charge is -2.27. The molecule has 22 heteroatoms. The molecule has 6 heterocycles. The number of hydrogen-bond acceptors (Lipinski definition) is 15. The molecule has 10 unspecified atom stereocenters. The van der Waals surface area contributed by atoms with E-state index >= 15 is 0 Å². The van der Waals surface area contributed by atoms with E-state index in [2.05, 4.69) is 20.3 Å². The maximum absolute atomic E-state index is 11.3. The zero-order valence-electron chi connectivity index (χ0n) is 23.3. The van der Waals surface area contributed by atoms with E-state index in [1.54, 1.807) is 31.5 Å². The van der Waals surface area contributed by atoms with Crippen molar-refractivity contribution in [2.24, 2.45) is 10.7 Å². The Kier molecular flexibility index (Phi) is 9.21. The lowest BCUT2D eigenvalue weighted by atomic mass is 10.1. The molecule has 2 bridgehead atoms. The van der Waals surface area contributed by atoms with Gasteiger partial charge in [-0.2, -0.15) is 4.99 Å². The summed E-state index contributed by atoms with van der Waals surface area (Å²) in [6.45, 7) is -3.24. The molecule has 0 saturated carbocycles. The minimum absolute atomic E-state index is 0.200.